The fourth-order valence-electron chi connectivity index (χ4n) is 4.85. The van der Waals surface area contributed by atoms with E-state index in [1.165, 1.54) is 24.3 Å². The quantitative estimate of drug-likeness (QED) is 0.292. The Morgan fingerprint density at radius 3 is 2.11 bits per heavy atom. The van der Waals surface area contributed by atoms with Crippen LogP contribution in [0.4, 0.5) is 14.5 Å². The van der Waals surface area contributed by atoms with E-state index < -0.39 is 6.10 Å². The molecule has 1 fully saturated rings. The van der Waals surface area contributed by atoms with Gasteiger partial charge in [-0.15, -0.1) is 0 Å². The minimum atomic E-state index is -0.817. The molecule has 0 saturated carbocycles. The van der Waals surface area contributed by atoms with Crippen LogP contribution in [0.3, 0.4) is 0 Å². The van der Waals surface area contributed by atoms with Gasteiger partial charge in [-0.05, 0) is 89.7 Å². The third-order valence-electron chi connectivity index (χ3n) is 6.75. The normalized spacial score (nSPS) is 18.1. The highest BCUT2D eigenvalue weighted by molar-refractivity contribution is 6.03. The van der Waals surface area contributed by atoms with Gasteiger partial charge in [0, 0.05) is 5.69 Å². The lowest BCUT2D eigenvalue weighted by molar-refractivity contribution is -0.131. The number of halogens is 2. The maximum atomic E-state index is 13.6. The molecule has 1 heterocycles. The standard InChI is InChI=1S/C30H25F2NO3/c31-23-8-4-20(5-9-23)28(35)17-16-27-29(33(30(27)36)25-12-10-24(32)11-13-25)22-3-1-2-21(18-22)19-6-14-26(34)15-7-19/h1-15,18,27-29,34-35H,16-17H2/t27?,28-,29?/m0/s1. The molecule has 182 valence electrons. The molecule has 4 nitrogen and oxygen atoms in total. The van der Waals surface area contributed by atoms with Crippen molar-refractivity contribution in [3.63, 3.8) is 0 Å². The lowest BCUT2D eigenvalue weighted by Crippen LogP contribution is -2.55. The summed E-state index contributed by atoms with van der Waals surface area (Å²) in [5.41, 5.74) is 4.00. The monoisotopic (exact) mass is 485 g/mol. The van der Waals surface area contributed by atoms with Crippen molar-refractivity contribution < 1.29 is 23.8 Å². The molecular formula is C30H25F2NO3. The van der Waals surface area contributed by atoms with Crippen LogP contribution in [0, 0.1) is 17.6 Å². The van der Waals surface area contributed by atoms with Crippen LogP contribution < -0.4 is 4.90 Å². The van der Waals surface area contributed by atoms with Crippen LogP contribution in [0.15, 0.2) is 97.1 Å². The Kier molecular flexibility index (Phi) is 6.53. The second-order valence-electron chi connectivity index (χ2n) is 9.05. The smallest absolute Gasteiger partial charge is 0.233 e. The van der Waals surface area contributed by atoms with E-state index in [4.69, 9.17) is 0 Å². The number of amides is 1. The molecular weight excluding hydrogens is 460 g/mol. The zero-order valence-corrected chi connectivity index (χ0v) is 19.4. The molecule has 0 aromatic heterocycles. The Hall–Kier alpha value is -4.03. The van der Waals surface area contributed by atoms with Crippen LogP contribution in [-0.4, -0.2) is 16.1 Å². The third kappa shape index (κ3) is 4.72. The Morgan fingerprint density at radius 2 is 1.44 bits per heavy atom. The average molecular weight is 486 g/mol. The fourth-order valence-corrected chi connectivity index (χ4v) is 4.85. The Morgan fingerprint density at radius 1 is 0.806 bits per heavy atom. The number of nitrogens with zero attached hydrogens (tertiary/aromatic N) is 1. The van der Waals surface area contributed by atoms with Gasteiger partial charge in [-0.25, -0.2) is 8.78 Å². The van der Waals surface area contributed by atoms with Gasteiger partial charge in [0.05, 0.1) is 18.1 Å². The third-order valence-corrected chi connectivity index (χ3v) is 6.75. The summed E-state index contributed by atoms with van der Waals surface area (Å²) < 4.78 is 26.8. The molecule has 36 heavy (non-hydrogen) atoms. The molecule has 1 aliphatic heterocycles. The van der Waals surface area contributed by atoms with Crippen LogP contribution in [0.1, 0.15) is 36.1 Å². The molecule has 4 aromatic carbocycles. The molecule has 0 aliphatic carbocycles. The van der Waals surface area contributed by atoms with Crippen LogP contribution >= 0.6 is 0 Å². The summed E-state index contributed by atoms with van der Waals surface area (Å²) in [6.45, 7) is 0. The summed E-state index contributed by atoms with van der Waals surface area (Å²) in [4.78, 5) is 15.0. The van der Waals surface area contributed by atoms with E-state index in [9.17, 15) is 23.8 Å². The highest BCUT2D eigenvalue weighted by Gasteiger charge is 2.48. The van der Waals surface area contributed by atoms with Gasteiger partial charge in [0.1, 0.15) is 17.4 Å². The number of carbonyl (C=O) groups excluding carboxylic acids is 1. The largest absolute Gasteiger partial charge is 0.508 e. The first kappa shape index (κ1) is 23.7. The summed E-state index contributed by atoms with van der Waals surface area (Å²) in [5, 5.41) is 20.3. The number of hydrogen-bond acceptors (Lipinski definition) is 3. The van der Waals surface area contributed by atoms with Gasteiger partial charge in [0.25, 0.3) is 0 Å². The molecule has 1 aliphatic rings. The van der Waals surface area contributed by atoms with Crippen LogP contribution in [0.5, 0.6) is 5.75 Å². The van der Waals surface area contributed by atoms with Crippen LogP contribution in [0.2, 0.25) is 0 Å². The lowest BCUT2D eigenvalue weighted by Gasteiger charge is -2.48. The number of hydrogen-bond donors (Lipinski definition) is 2. The molecule has 5 rings (SSSR count). The maximum absolute atomic E-state index is 13.6. The number of carbonyl (C=O) groups is 1. The molecule has 0 spiro atoms. The van der Waals surface area contributed by atoms with Crippen molar-refractivity contribution in [2.75, 3.05) is 4.90 Å². The number of phenols is 1. The first-order valence-electron chi connectivity index (χ1n) is 11.8. The molecule has 2 unspecified atom stereocenters. The topological polar surface area (TPSA) is 60.8 Å². The minimum absolute atomic E-state index is 0.0899. The number of aliphatic hydroxyl groups excluding tert-OH is 1. The second kappa shape index (κ2) is 9.91. The highest BCUT2D eigenvalue weighted by atomic mass is 19.1. The summed E-state index contributed by atoms with van der Waals surface area (Å²) in [5.74, 6) is -1.03. The van der Waals surface area contributed by atoms with Gasteiger partial charge in [-0.3, -0.25) is 4.79 Å². The molecule has 0 radical (unpaired) electrons. The van der Waals surface area contributed by atoms with Gasteiger partial charge in [-0.2, -0.15) is 0 Å². The summed E-state index contributed by atoms with van der Waals surface area (Å²) in [6, 6.07) is 26.0. The highest BCUT2D eigenvalue weighted by Crippen LogP contribution is 2.47. The predicted molar refractivity (Wildman–Crippen MR) is 134 cm³/mol. The first-order chi connectivity index (χ1) is 17.4. The molecule has 1 amide bonds. The van der Waals surface area contributed by atoms with Gasteiger partial charge in [0.15, 0.2) is 0 Å². The molecule has 2 N–H and O–H groups in total. The van der Waals surface area contributed by atoms with E-state index in [-0.39, 0.29) is 35.3 Å². The first-order valence-corrected chi connectivity index (χ1v) is 11.8. The summed E-state index contributed by atoms with van der Waals surface area (Å²) in [7, 11) is 0. The van der Waals surface area contributed by atoms with Crippen molar-refractivity contribution in [3.05, 3.63) is 120 Å². The zero-order chi connectivity index (χ0) is 25.2. The van der Waals surface area contributed by atoms with E-state index in [2.05, 4.69) is 0 Å². The number of aliphatic hydroxyl groups is 1. The minimum Gasteiger partial charge on any atom is -0.508 e. The molecule has 0 bridgehead atoms. The van der Waals surface area contributed by atoms with E-state index >= 15 is 0 Å². The second-order valence-corrected chi connectivity index (χ2v) is 9.05. The molecule has 1 saturated heterocycles. The fraction of sp³-hybridized carbons (Fsp3) is 0.167. The van der Waals surface area contributed by atoms with Gasteiger partial charge in [0.2, 0.25) is 5.91 Å². The summed E-state index contributed by atoms with van der Waals surface area (Å²) >= 11 is 0. The zero-order valence-electron chi connectivity index (χ0n) is 19.4. The molecule has 4 aromatic rings. The van der Waals surface area contributed by atoms with Crippen molar-refractivity contribution in [1.29, 1.82) is 0 Å². The van der Waals surface area contributed by atoms with Crippen LogP contribution in [0.25, 0.3) is 11.1 Å². The SMILES string of the molecule is O=C1C(CC[C@H](O)c2ccc(F)cc2)C(c2cccc(-c3ccc(O)cc3)c2)N1c1ccc(F)cc1. The van der Waals surface area contributed by atoms with E-state index in [0.717, 1.165) is 16.7 Å². The number of aromatic hydroxyl groups is 1. The van der Waals surface area contributed by atoms with Crippen molar-refractivity contribution in [2.24, 2.45) is 5.92 Å². The number of phenolic OH excluding ortho intramolecular Hbond substituents is 1. The Bertz CT molecular complexity index is 1350. The predicted octanol–water partition coefficient (Wildman–Crippen LogP) is 6.56. The maximum Gasteiger partial charge on any atom is 0.233 e. The number of β-lactam (4-membered cyclic amide) rings is 1. The molecule has 6 heteroatoms. The van der Waals surface area contributed by atoms with Crippen LogP contribution in [-0.2, 0) is 4.79 Å². The number of anilines is 1. The van der Waals surface area contributed by atoms with E-state index in [1.807, 2.05) is 36.4 Å². The van der Waals surface area contributed by atoms with Gasteiger partial charge >= 0.3 is 0 Å². The van der Waals surface area contributed by atoms with Crippen molar-refractivity contribution in [3.8, 4) is 16.9 Å². The van der Waals surface area contributed by atoms with Crippen molar-refractivity contribution in [1.82, 2.24) is 0 Å². The van der Waals surface area contributed by atoms with Gasteiger partial charge in [-0.1, -0.05) is 42.5 Å². The van der Waals surface area contributed by atoms with E-state index in [1.54, 1.807) is 41.3 Å². The number of rotatable bonds is 7. The van der Waals surface area contributed by atoms with Crippen molar-refractivity contribution in [2.45, 2.75) is 25.0 Å². The lowest BCUT2D eigenvalue weighted by atomic mass is 9.77. The summed E-state index contributed by atoms with van der Waals surface area (Å²) in [6.07, 6.45) is -0.0429. The van der Waals surface area contributed by atoms with Gasteiger partial charge < -0.3 is 15.1 Å². The van der Waals surface area contributed by atoms with E-state index in [0.29, 0.717) is 24.1 Å². The van der Waals surface area contributed by atoms with Crippen molar-refractivity contribution >= 4 is 11.6 Å². The molecule has 3 atom stereocenters. The average Bonchev–Trinajstić information content (AvgIpc) is 2.89. The Balaban J connectivity index is 1.43. The Labute approximate surface area is 208 Å². The number of benzene rings is 4.